The van der Waals surface area contributed by atoms with Gasteiger partial charge in [0.15, 0.2) is 0 Å². The van der Waals surface area contributed by atoms with Gasteiger partial charge in [-0.3, -0.25) is 9.69 Å². The molecule has 0 aromatic heterocycles. The molecule has 2 heterocycles. The van der Waals surface area contributed by atoms with Crippen molar-refractivity contribution in [3.63, 3.8) is 0 Å². The first-order chi connectivity index (χ1) is 25.6. The SMILES string of the molecule is Cc1cccc(C)c1COc1cc(OCc2cccc(-c3cccc(OCCCN4CC[C@@H](O)C4)c3C)c2C)c(Cl)cc1CN1CCCC[C@H]1C(=O)O. The van der Waals surface area contributed by atoms with E-state index in [1.807, 2.05) is 35.2 Å². The Morgan fingerprint density at radius 1 is 0.792 bits per heavy atom. The van der Waals surface area contributed by atoms with Gasteiger partial charge in [-0.1, -0.05) is 66.6 Å². The first kappa shape index (κ1) is 38.6. The van der Waals surface area contributed by atoms with E-state index in [1.54, 1.807) is 0 Å². The number of likely N-dealkylation sites (tertiary alicyclic amines) is 2. The Morgan fingerprint density at radius 3 is 2.25 bits per heavy atom. The highest BCUT2D eigenvalue weighted by Crippen LogP contribution is 2.37. The zero-order valence-electron chi connectivity index (χ0n) is 31.5. The van der Waals surface area contributed by atoms with Crippen LogP contribution < -0.4 is 14.2 Å². The fraction of sp³-hybridized carbons (Fsp3) is 0.432. The van der Waals surface area contributed by atoms with Crippen molar-refractivity contribution >= 4 is 17.6 Å². The third-order valence-electron chi connectivity index (χ3n) is 10.9. The number of ether oxygens (including phenoxy) is 3. The van der Waals surface area contributed by atoms with Gasteiger partial charge >= 0.3 is 5.97 Å². The van der Waals surface area contributed by atoms with Crippen molar-refractivity contribution in [2.45, 2.75) is 91.7 Å². The Balaban J connectivity index is 1.19. The van der Waals surface area contributed by atoms with E-state index in [2.05, 4.69) is 69.0 Å². The Bertz CT molecular complexity index is 1880. The van der Waals surface area contributed by atoms with Crippen LogP contribution in [-0.4, -0.2) is 70.9 Å². The van der Waals surface area contributed by atoms with E-state index in [4.69, 9.17) is 25.8 Å². The van der Waals surface area contributed by atoms with Crippen LogP contribution >= 0.6 is 11.6 Å². The molecule has 2 aliphatic heterocycles. The first-order valence-corrected chi connectivity index (χ1v) is 19.3. The molecule has 2 fully saturated rings. The summed E-state index contributed by atoms with van der Waals surface area (Å²) >= 11 is 6.91. The third kappa shape index (κ3) is 9.54. The number of aliphatic hydroxyl groups is 1. The highest BCUT2D eigenvalue weighted by molar-refractivity contribution is 6.32. The number of benzene rings is 4. The molecular weight excluding hydrogens is 688 g/mol. The highest BCUT2D eigenvalue weighted by atomic mass is 35.5. The zero-order valence-corrected chi connectivity index (χ0v) is 32.3. The van der Waals surface area contributed by atoms with Crippen LogP contribution in [0, 0.1) is 27.7 Å². The van der Waals surface area contributed by atoms with Crippen molar-refractivity contribution in [2.24, 2.45) is 0 Å². The standard InChI is InChI=1S/C44H53ClN2O6/c1-29-11-7-12-30(2)38(29)28-53-42-24-43(39(45)23-34(42)25-47-20-6-5-16-40(47)44(49)50)52-27-33-13-8-14-36(31(33)3)37-15-9-17-41(32(37)4)51-22-10-19-46-21-18-35(48)26-46/h7-9,11-15,17,23-24,35,40,48H,5-6,10,16,18-22,25-28H2,1-4H3,(H,49,50)/t35-,40+/m1/s1. The van der Waals surface area contributed by atoms with Crippen LogP contribution in [0.25, 0.3) is 11.1 Å². The Kier molecular flexibility index (Phi) is 13.0. The summed E-state index contributed by atoms with van der Waals surface area (Å²) in [7, 11) is 0. The molecule has 6 rings (SSSR count). The predicted molar refractivity (Wildman–Crippen MR) is 210 cm³/mol. The molecule has 4 aromatic carbocycles. The maximum absolute atomic E-state index is 12.1. The number of nitrogens with zero attached hydrogens (tertiary/aromatic N) is 2. The van der Waals surface area contributed by atoms with Crippen LogP contribution in [0.15, 0.2) is 66.7 Å². The summed E-state index contributed by atoms with van der Waals surface area (Å²) in [5.41, 5.74) is 9.75. The lowest BCUT2D eigenvalue weighted by atomic mass is 9.93. The normalized spacial score (nSPS) is 17.9. The van der Waals surface area contributed by atoms with E-state index in [-0.39, 0.29) is 6.10 Å². The van der Waals surface area contributed by atoms with Crippen LogP contribution in [0.1, 0.15) is 71.0 Å². The van der Waals surface area contributed by atoms with Crippen molar-refractivity contribution in [2.75, 3.05) is 32.8 Å². The molecule has 282 valence electrons. The summed E-state index contributed by atoms with van der Waals surface area (Å²) in [5.74, 6) is 1.23. The second-order valence-corrected chi connectivity index (χ2v) is 15.0. The molecule has 0 aliphatic carbocycles. The van der Waals surface area contributed by atoms with Gasteiger partial charge < -0.3 is 29.3 Å². The lowest BCUT2D eigenvalue weighted by Gasteiger charge is -2.33. The molecule has 2 N–H and O–H groups in total. The molecule has 53 heavy (non-hydrogen) atoms. The molecule has 8 nitrogen and oxygen atoms in total. The van der Waals surface area contributed by atoms with Gasteiger partial charge in [0.25, 0.3) is 0 Å². The molecule has 0 radical (unpaired) electrons. The number of carboxylic acid groups (broad SMARTS) is 1. The van der Waals surface area contributed by atoms with Gasteiger partial charge in [-0.05, 0) is 117 Å². The maximum atomic E-state index is 12.1. The largest absolute Gasteiger partial charge is 0.493 e. The molecule has 4 aromatic rings. The lowest BCUT2D eigenvalue weighted by molar-refractivity contribution is -0.144. The number of carbonyl (C=O) groups is 1. The zero-order chi connectivity index (χ0) is 37.5. The Morgan fingerprint density at radius 2 is 1.51 bits per heavy atom. The Labute approximate surface area is 319 Å². The number of aliphatic hydroxyl groups excluding tert-OH is 1. The van der Waals surface area contributed by atoms with Crippen LogP contribution in [0.3, 0.4) is 0 Å². The number of halogens is 1. The third-order valence-corrected chi connectivity index (χ3v) is 11.2. The number of aliphatic carboxylic acids is 1. The maximum Gasteiger partial charge on any atom is 0.320 e. The van der Waals surface area contributed by atoms with Crippen LogP contribution in [-0.2, 0) is 24.6 Å². The number of hydrogen-bond acceptors (Lipinski definition) is 7. The fourth-order valence-electron chi connectivity index (χ4n) is 7.69. The summed E-state index contributed by atoms with van der Waals surface area (Å²) in [6, 6.07) is 21.9. The quantitative estimate of drug-likeness (QED) is 0.117. The van der Waals surface area contributed by atoms with Crippen molar-refractivity contribution in [3.8, 4) is 28.4 Å². The van der Waals surface area contributed by atoms with Crippen LogP contribution in [0.4, 0.5) is 0 Å². The number of rotatable bonds is 15. The monoisotopic (exact) mass is 740 g/mol. The predicted octanol–water partition coefficient (Wildman–Crippen LogP) is 8.67. The van der Waals surface area contributed by atoms with E-state index in [0.29, 0.717) is 55.9 Å². The molecule has 2 atom stereocenters. The minimum atomic E-state index is -0.795. The van der Waals surface area contributed by atoms with Crippen LogP contribution in [0.5, 0.6) is 17.2 Å². The molecule has 2 aliphatic rings. The van der Waals surface area contributed by atoms with Crippen LogP contribution in [0.2, 0.25) is 5.02 Å². The van der Waals surface area contributed by atoms with Crippen molar-refractivity contribution < 1.29 is 29.2 Å². The lowest BCUT2D eigenvalue weighted by Crippen LogP contribution is -2.44. The van der Waals surface area contributed by atoms with E-state index < -0.39 is 12.0 Å². The number of aryl methyl sites for hydroxylation is 2. The highest BCUT2D eigenvalue weighted by Gasteiger charge is 2.29. The van der Waals surface area contributed by atoms with Gasteiger partial charge in [-0.25, -0.2) is 0 Å². The number of β-amino-alcohol motifs (C(OH)–C–C–N with tert-alkyl or cyclic N) is 1. The van der Waals surface area contributed by atoms with Crippen molar-refractivity contribution in [3.05, 3.63) is 111 Å². The molecule has 9 heteroatoms. The number of hydrogen-bond donors (Lipinski definition) is 2. The molecule has 0 bridgehead atoms. The van der Waals surface area contributed by atoms with Crippen molar-refractivity contribution in [1.82, 2.24) is 9.80 Å². The second kappa shape index (κ2) is 17.8. The molecule has 0 saturated carbocycles. The summed E-state index contributed by atoms with van der Waals surface area (Å²) < 4.78 is 19.2. The summed E-state index contributed by atoms with van der Waals surface area (Å²) in [5, 5.41) is 20.2. The van der Waals surface area contributed by atoms with E-state index >= 15 is 0 Å². The second-order valence-electron chi connectivity index (χ2n) is 14.6. The molecule has 0 amide bonds. The minimum absolute atomic E-state index is 0.202. The molecular formula is C44H53ClN2O6. The van der Waals surface area contributed by atoms with Gasteiger partial charge in [-0.2, -0.15) is 0 Å². The smallest absolute Gasteiger partial charge is 0.320 e. The summed E-state index contributed by atoms with van der Waals surface area (Å²) in [6.45, 7) is 13.4. The van der Waals surface area contributed by atoms with Gasteiger partial charge in [-0.15, -0.1) is 0 Å². The topological polar surface area (TPSA) is 91.7 Å². The summed E-state index contributed by atoms with van der Waals surface area (Å²) in [6.07, 6.45) is 4.05. The molecule has 0 unspecified atom stereocenters. The van der Waals surface area contributed by atoms with Gasteiger partial charge in [0.1, 0.15) is 36.5 Å². The summed E-state index contributed by atoms with van der Waals surface area (Å²) in [4.78, 5) is 16.4. The van der Waals surface area contributed by atoms with Gasteiger partial charge in [0, 0.05) is 37.8 Å². The van der Waals surface area contributed by atoms with Gasteiger partial charge in [0.2, 0.25) is 0 Å². The first-order valence-electron chi connectivity index (χ1n) is 18.9. The van der Waals surface area contributed by atoms with Gasteiger partial charge in [0.05, 0.1) is 17.7 Å². The number of carboxylic acids is 1. The van der Waals surface area contributed by atoms with E-state index in [9.17, 15) is 15.0 Å². The number of piperidine rings is 1. The average molecular weight is 741 g/mol. The molecule has 0 spiro atoms. The van der Waals surface area contributed by atoms with E-state index in [0.717, 1.165) is 101 Å². The van der Waals surface area contributed by atoms with Crippen molar-refractivity contribution in [1.29, 1.82) is 0 Å². The van der Waals surface area contributed by atoms with E-state index in [1.165, 1.54) is 0 Å². The average Bonchev–Trinajstić information content (AvgIpc) is 3.56. The molecule has 2 saturated heterocycles. The fourth-order valence-corrected chi connectivity index (χ4v) is 7.93. The Hall–Kier alpha value is -4.08. The minimum Gasteiger partial charge on any atom is -0.493 e.